The summed E-state index contributed by atoms with van der Waals surface area (Å²) in [5.74, 6) is 0.236. The zero-order valence-corrected chi connectivity index (χ0v) is 15.5. The normalized spacial score (nSPS) is 10.7. The first-order valence-electron chi connectivity index (χ1n) is 8.46. The summed E-state index contributed by atoms with van der Waals surface area (Å²) in [6, 6.07) is 9.97. The minimum Gasteiger partial charge on any atom is -0.420 e. The second kappa shape index (κ2) is 8.68. The van der Waals surface area contributed by atoms with E-state index in [9.17, 15) is 14.0 Å². The number of benzene rings is 1. The number of aromatic nitrogens is 2. The van der Waals surface area contributed by atoms with Crippen LogP contribution in [0, 0.1) is 5.82 Å². The first kappa shape index (κ1) is 18.9. The summed E-state index contributed by atoms with van der Waals surface area (Å²) in [6.45, 7) is 1.86. The molecule has 140 valence electrons. The van der Waals surface area contributed by atoms with E-state index >= 15 is 0 Å². The number of Topliss-reactive ketones (excluding diaryl/α,β-unsaturated/α-hetero) is 1. The zero-order chi connectivity index (χ0) is 19.2. The Hall–Kier alpha value is -2.87. The average Bonchev–Trinajstić information content (AvgIpc) is 3.31. The molecule has 3 rings (SSSR count). The van der Waals surface area contributed by atoms with Gasteiger partial charge >= 0.3 is 0 Å². The number of ketones is 1. The summed E-state index contributed by atoms with van der Waals surface area (Å²) in [4.78, 5) is 24.6. The van der Waals surface area contributed by atoms with Crippen molar-refractivity contribution in [3.05, 3.63) is 58.5 Å². The number of hydrogen-bond donors (Lipinski definition) is 1. The fraction of sp³-hybridized carbons (Fsp3) is 0.263. The highest BCUT2D eigenvalue weighted by Gasteiger charge is 2.13. The maximum absolute atomic E-state index is 13.5. The van der Waals surface area contributed by atoms with E-state index in [-0.39, 0.29) is 23.9 Å². The van der Waals surface area contributed by atoms with Gasteiger partial charge in [0.25, 0.3) is 5.89 Å². The molecule has 3 aromatic rings. The summed E-state index contributed by atoms with van der Waals surface area (Å²) in [6.07, 6.45) is 0.936. The van der Waals surface area contributed by atoms with E-state index in [0.717, 1.165) is 0 Å². The van der Waals surface area contributed by atoms with Crippen LogP contribution in [0.1, 0.15) is 34.5 Å². The minimum absolute atomic E-state index is 0.0157. The van der Waals surface area contributed by atoms with E-state index in [2.05, 4.69) is 15.5 Å². The molecule has 0 fully saturated rings. The van der Waals surface area contributed by atoms with Gasteiger partial charge in [0.1, 0.15) is 5.82 Å². The lowest BCUT2D eigenvalue weighted by Crippen LogP contribution is -2.26. The van der Waals surface area contributed by atoms with Gasteiger partial charge in [-0.1, -0.05) is 18.2 Å². The van der Waals surface area contributed by atoms with Gasteiger partial charge in [-0.05, 0) is 37.1 Å². The van der Waals surface area contributed by atoms with Gasteiger partial charge in [0, 0.05) is 19.4 Å². The summed E-state index contributed by atoms with van der Waals surface area (Å²) in [7, 11) is 0. The van der Waals surface area contributed by atoms with E-state index in [0.29, 0.717) is 46.5 Å². The Bertz CT molecular complexity index is 951. The van der Waals surface area contributed by atoms with Gasteiger partial charge in [-0.15, -0.1) is 21.5 Å². The topological polar surface area (TPSA) is 85.1 Å². The predicted molar refractivity (Wildman–Crippen MR) is 99.1 cm³/mol. The third-order valence-electron chi connectivity index (χ3n) is 3.87. The predicted octanol–water partition coefficient (Wildman–Crippen LogP) is 3.43. The molecule has 6 nitrogen and oxygen atoms in total. The highest BCUT2D eigenvalue weighted by Crippen LogP contribution is 2.27. The van der Waals surface area contributed by atoms with Crippen molar-refractivity contribution in [2.75, 3.05) is 6.54 Å². The fourth-order valence-corrected chi connectivity index (χ4v) is 3.27. The quantitative estimate of drug-likeness (QED) is 0.599. The molecule has 0 atom stereocenters. The molecule has 0 aliphatic carbocycles. The summed E-state index contributed by atoms with van der Waals surface area (Å²) in [5, 5.41) is 10.6. The molecular weight excluding hydrogens is 369 g/mol. The molecule has 2 heterocycles. The maximum atomic E-state index is 13.5. The van der Waals surface area contributed by atoms with Crippen molar-refractivity contribution in [3.63, 3.8) is 0 Å². The molecular formula is C19H18FN3O3S. The highest BCUT2D eigenvalue weighted by atomic mass is 32.1. The molecule has 0 bridgehead atoms. The lowest BCUT2D eigenvalue weighted by Gasteiger charge is -2.05. The van der Waals surface area contributed by atoms with Crippen molar-refractivity contribution in [1.82, 2.24) is 15.5 Å². The van der Waals surface area contributed by atoms with Gasteiger partial charge < -0.3 is 9.73 Å². The lowest BCUT2D eigenvalue weighted by molar-refractivity contribution is -0.121. The number of thiophene rings is 1. The van der Waals surface area contributed by atoms with Crippen LogP contribution in [0.15, 0.2) is 40.8 Å². The van der Waals surface area contributed by atoms with E-state index in [1.54, 1.807) is 30.3 Å². The molecule has 0 aliphatic heterocycles. The van der Waals surface area contributed by atoms with Gasteiger partial charge in [0.2, 0.25) is 11.8 Å². The number of carbonyl (C=O) groups is 2. The molecule has 8 heteroatoms. The molecule has 0 radical (unpaired) electrons. The number of halogens is 1. The molecule has 1 amide bonds. The Labute approximate surface area is 159 Å². The molecule has 0 saturated carbocycles. The number of aryl methyl sites for hydroxylation is 1. The van der Waals surface area contributed by atoms with Gasteiger partial charge in [0.15, 0.2) is 5.78 Å². The first-order valence-corrected chi connectivity index (χ1v) is 9.28. The van der Waals surface area contributed by atoms with Crippen LogP contribution in [0.3, 0.4) is 0 Å². The lowest BCUT2D eigenvalue weighted by atomic mass is 10.1. The Morgan fingerprint density at radius 3 is 2.70 bits per heavy atom. The van der Waals surface area contributed by atoms with E-state index in [1.165, 1.54) is 24.3 Å². The Balaban J connectivity index is 1.46. The summed E-state index contributed by atoms with van der Waals surface area (Å²) >= 11 is 1.29. The molecule has 0 unspecified atom stereocenters. The number of amides is 1. The van der Waals surface area contributed by atoms with Gasteiger partial charge in [-0.2, -0.15) is 0 Å². The van der Waals surface area contributed by atoms with Crippen LogP contribution < -0.4 is 5.32 Å². The Morgan fingerprint density at radius 2 is 1.96 bits per heavy atom. The van der Waals surface area contributed by atoms with E-state index in [4.69, 9.17) is 4.42 Å². The molecule has 0 spiro atoms. The molecule has 0 saturated heterocycles. The highest BCUT2D eigenvalue weighted by molar-refractivity contribution is 7.17. The number of nitrogens with one attached hydrogen (secondary N) is 1. The van der Waals surface area contributed by atoms with E-state index < -0.39 is 0 Å². The zero-order valence-electron chi connectivity index (χ0n) is 14.7. The summed E-state index contributed by atoms with van der Waals surface area (Å²) < 4.78 is 19.1. The Kier molecular flexibility index (Phi) is 6.08. The van der Waals surface area contributed by atoms with Crippen LogP contribution in [0.2, 0.25) is 0 Å². The average molecular weight is 387 g/mol. The van der Waals surface area contributed by atoms with Crippen LogP contribution in [0.5, 0.6) is 0 Å². The fourth-order valence-electron chi connectivity index (χ4n) is 2.44. The van der Waals surface area contributed by atoms with Crippen molar-refractivity contribution in [2.24, 2.45) is 0 Å². The monoisotopic (exact) mass is 387 g/mol. The standard InChI is InChI=1S/C19H18FN3O3S/c1-12(24)15-6-7-16(27-15)19-23-22-18(26-19)9-8-17(25)21-11-10-13-4-2-3-5-14(13)20/h2-7H,8-11H2,1H3,(H,21,25). The molecule has 27 heavy (non-hydrogen) atoms. The van der Waals surface area contributed by atoms with Gasteiger partial charge in [-0.25, -0.2) is 4.39 Å². The van der Waals surface area contributed by atoms with Crippen molar-refractivity contribution in [3.8, 4) is 10.8 Å². The van der Waals surface area contributed by atoms with Crippen molar-refractivity contribution >= 4 is 23.0 Å². The minimum atomic E-state index is -0.272. The number of nitrogens with zero attached hydrogens (tertiary/aromatic N) is 2. The number of rotatable bonds is 8. The number of carbonyl (C=O) groups excluding carboxylic acids is 2. The van der Waals surface area contributed by atoms with Crippen molar-refractivity contribution < 1.29 is 18.4 Å². The maximum Gasteiger partial charge on any atom is 0.257 e. The summed E-state index contributed by atoms with van der Waals surface area (Å²) in [5.41, 5.74) is 0.570. The smallest absolute Gasteiger partial charge is 0.257 e. The van der Waals surface area contributed by atoms with Gasteiger partial charge in [-0.3, -0.25) is 9.59 Å². The number of hydrogen-bond acceptors (Lipinski definition) is 6. The largest absolute Gasteiger partial charge is 0.420 e. The second-order valence-corrected chi connectivity index (χ2v) is 7.00. The van der Waals surface area contributed by atoms with Crippen LogP contribution >= 0.6 is 11.3 Å². The third kappa shape index (κ3) is 5.07. The SMILES string of the molecule is CC(=O)c1ccc(-c2nnc(CCC(=O)NCCc3ccccc3F)o2)s1. The third-order valence-corrected chi connectivity index (χ3v) is 5.04. The van der Waals surface area contributed by atoms with Crippen LogP contribution in [0.25, 0.3) is 10.8 Å². The second-order valence-electron chi connectivity index (χ2n) is 5.91. The van der Waals surface area contributed by atoms with Crippen LogP contribution in [-0.2, 0) is 17.6 Å². The van der Waals surface area contributed by atoms with Crippen LogP contribution in [-0.4, -0.2) is 28.4 Å². The Morgan fingerprint density at radius 1 is 1.15 bits per heavy atom. The van der Waals surface area contributed by atoms with Crippen molar-refractivity contribution in [2.45, 2.75) is 26.2 Å². The molecule has 2 aromatic heterocycles. The molecule has 1 aromatic carbocycles. The van der Waals surface area contributed by atoms with Gasteiger partial charge in [0.05, 0.1) is 9.75 Å². The van der Waals surface area contributed by atoms with Crippen LogP contribution in [0.4, 0.5) is 4.39 Å². The van der Waals surface area contributed by atoms with Crippen molar-refractivity contribution in [1.29, 1.82) is 0 Å². The molecule has 0 aliphatic rings. The van der Waals surface area contributed by atoms with E-state index in [1.807, 2.05) is 0 Å². The molecule has 1 N–H and O–H groups in total. The first-order chi connectivity index (χ1) is 13.0.